The highest BCUT2D eigenvalue weighted by atomic mass is 35.5. The molecular formula is C20H22Cl2N4O3. The Kier molecular flexibility index (Phi) is 7.87. The number of halogens is 2. The van der Waals surface area contributed by atoms with Crippen LogP contribution >= 0.6 is 23.2 Å². The first-order chi connectivity index (χ1) is 13.7. The summed E-state index contributed by atoms with van der Waals surface area (Å²) in [5.74, 6) is -0.723. The number of primary amides is 1. The third-order valence-electron chi connectivity index (χ3n) is 3.90. The lowest BCUT2D eigenvalue weighted by Crippen LogP contribution is -2.44. The van der Waals surface area contributed by atoms with Gasteiger partial charge in [-0.25, -0.2) is 4.79 Å². The smallest absolute Gasteiger partial charge is 0.316 e. The molecule has 4 amide bonds. The maximum absolute atomic E-state index is 12.8. The van der Waals surface area contributed by atoms with Gasteiger partial charge in [0.05, 0.1) is 10.6 Å². The van der Waals surface area contributed by atoms with Crippen LogP contribution in [0.4, 0.5) is 16.2 Å². The van der Waals surface area contributed by atoms with Gasteiger partial charge in [-0.2, -0.15) is 0 Å². The molecule has 29 heavy (non-hydrogen) atoms. The number of nitrogens with one attached hydrogen (secondary N) is 3. The summed E-state index contributed by atoms with van der Waals surface area (Å²) in [6.45, 7) is 3.89. The largest absolute Gasteiger partial charge is 0.351 e. The first kappa shape index (κ1) is 22.5. The van der Waals surface area contributed by atoms with Gasteiger partial charge in [0.2, 0.25) is 5.91 Å². The molecule has 9 heteroatoms. The van der Waals surface area contributed by atoms with E-state index in [2.05, 4.69) is 16.0 Å². The Morgan fingerprint density at radius 1 is 1.00 bits per heavy atom. The second-order valence-corrected chi connectivity index (χ2v) is 7.68. The van der Waals surface area contributed by atoms with Gasteiger partial charge >= 0.3 is 6.03 Å². The van der Waals surface area contributed by atoms with Gasteiger partial charge in [0.15, 0.2) is 0 Å². The van der Waals surface area contributed by atoms with E-state index in [9.17, 15) is 14.4 Å². The van der Waals surface area contributed by atoms with Crippen molar-refractivity contribution in [3.63, 3.8) is 0 Å². The SMILES string of the molecule is CC(C)CC(NC(=O)c1ccc(Cl)cc1Cl)C(=O)Nc1cccc(NC(N)=O)c1. The molecule has 0 fully saturated rings. The Morgan fingerprint density at radius 2 is 1.66 bits per heavy atom. The first-order valence-corrected chi connectivity index (χ1v) is 9.64. The topological polar surface area (TPSA) is 113 Å². The van der Waals surface area contributed by atoms with Crippen molar-refractivity contribution in [1.29, 1.82) is 0 Å². The molecule has 1 unspecified atom stereocenters. The van der Waals surface area contributed by atoms with E-state index in [1.807, 2.05) is 13.8 Å². The van der Waals surface area contributed by atoms with Crippen LogP contribution in [0.5, 0.6) is 0 Å². The van der Waals surface area contributed by atoms with E-state index in [-0.39, 0.29) is 16.5 Å². The lowest BCUT2D eigenvalue weighted by Gasteiger charge is -2.21. The van der Waals surface area contributed by atoms with Crippen LogP contribution in [-0.4, -0.2) is 23.9 Å². The second kappa shape index (κ2) is 10.1. The van der Waals surface area contributed by atoms with Crippen molar-refractivity contribution < 1.29 is 14.4 Å². The Morgan fingerprint density at radius 3 is 2.24 bits per heavy atom. The molecule has 7 nitrogen and oxygen atoms in total. The molecular weight excluding hydrogens is 415 g/mol. The number of carbonyl (C=O) groups is 3. The van der Waals surface area contributed by atoms with E-state index < -0.39 is 23.9 Å². The van der Waals surface area contributed by atoms with Crippen molar-refractivity contribution in [2.24, 2.45) is 11.7 Å². The average molecular weight is 437 g/mol. The Bertz CT molecular complexity index is 918. The quantitative estimate of drug-likeness (QED) is 0.519. The Hall–Kier alpha value is -2.77. The lowest BCUT2D eigenvalue weighted by atomic mass is 10.0. The van der Waals surface area contributed by atoms with Crippen molar-refractivity contribution in [2.75, 3.05) is 10.6 Å². The number of urea groups is 1. The molecule has 0 radical (unpaired) electrons. The minimum absolute atomic E-state index is 0.148. The molecule has 0 spiro atoms. The molecule has 0 aliphatic carbocycles. The number of carbonyl (C=O) groups excluding carboxylic acids is 3. The molecule has 0 saturated heterocycles. The van der Waals surface area contributed by atoms with Crippen LogP contribution in [0, 0.1) is 5.92 Å². The average Bonchev–Trinajstić information content (AvgIpc) is 2.60. The summed E-state index contributed by atoms with van der Waals surface area (Å²) in [4.78, 5) is 36.4. The molecule has 0 aliphatic rings. The van der Waals surface area contributed by atoms with Crippen molar-refractivity contribution in [3.05, 3.63) is 58.1 Å². The summed E-state index contributed by atoms with van der Waals surface area (Å²) in [6.07, 6.45) is 0.419. The van der Waals surface area contributed by atoms with Crippen LogP contribution in [-0.2, 0) is 4.79 Å². The fraction of sp³-hybridized carbons (Fsp3) is 0.250. The maximum Gasteiger partial charge on any atom is 0.316 e. The zero-order valence-corrected chi connectivity index (χ0v) is 17.5. The summed E-state index contributed by atoms with van der Waals surface area (Å²) in [5, 5.41) is 8.51. The van der Waals surface area contributed by atoms with Gasteiger partial charge in [-0.05, 0) is 48.7 Å². The molecule has 0 heterocycles. The van der Waals surface area contributed by atoms with E-state index in [0.717, 1.165) is 0 Å². The summed E-state index contributed by atoms with van der Waals surface area (Å²) in [7, 11) is 0. The molecule has 0 aliphatic heterocycles. The van der Waals surface area contributed by atoms with Crippen LogP contribution in [0.2, 0.25) is 10.0 Å². The van der Waals surface area contributed by atoms with Gasteiger partial charge in [-0.3, -0.25) is 9.59 Å². The standard InChI is InChI=1S/C20H22Cl2N4O3/c1-11(2)8-17(26-18(27)15-7-6-12(21)9-16(15)22)19(28)24-13-4-3-5-14(10-13)25-20(23)29/h3-7,9-11,17H,8H2,1-2H3,(H,24,28)(H,26,27)(H3,23,25,29). The van der Waals surface area contributed by atoms with Gasteiger partial charge < -0.3 is 21.7 Å². The minimum Gasteiger partial charge on any atom is -0.351 e. The highest BCUT2D eigenvalue weighted by Crippen LogP contribution is 2.21. The van der Waals surface area contributed by atoms with Crippen LogP contribution in [0.1, 0.15) is 30.6 Å². The second-order valence-electron chi connectivity index (χ2n) is 6.84. The molecule has 154 valence electrons. The van der Waals surface area contributed by atoms with E-state index in [0.29, 0.717) is 22.8 Å². The molecule has 2 aromatic carbocycles. The number of nitrogens with two attached hydrogens (primary N) is 1. The first-order valence-electron chi connectivity index (χ1n) is 8.89. The van der Waals surface area contributed by atoms with E-state index in [1.54, 1.807) is 30.3 Å². The molecule has 5 N–H and O–H groups in total. The van der Waals surface area contributed by atoms with E-state index >= 15 is 0 Å². The molecule has 2 aromatic rings. The summed E-state index contributed by atoms with van der Waals surface area (Å²) in [5.41, 5.74) is 6.22. The number of anilines is 2. The third kappa shape index (κ3) is 6.96. The zero-order valence-electron chi connectivity index (χ0n) is 16.0. The van der Waals surface area contributed by atoms with Gasteiger partial charge in [-0.15, -0.1) is 0 Å². The highest BCUT2D eigenvalue weighted by Gasteiger charge is 2.24. The van der Waals surface area contributed by atoms with Crippen molar-refractivity contribution in [2.45, 2.75) is 26.3 Å². The summed E-state index contributed by atoms with van der Waals surface area (Å²) in [6, 6.07) is 9.54. The number of benzene rings is 2. The van der Waals surface area contributed by atoms with Gasteiger partial charge in [0, 0.05) is 16.4 Å². The normalized spacial score (nSPS) is 11.6. The van der Waals surface area contributed by atoms with Gasteiger partial charge in [0.25, 0.3) is 5.91 Å². The predicted octanol–water partition coefficient (Wildman–Crippen LogP) is 4.27. The van der Waals surface area contributed by atoms with Crippen molar-refractivity contribution in [3.8, 4) is 0 Å². The molecule has 2 rings (SSSR count). The molecule has 0 saturated carbocycles. The monoisotopic (exact) mass is 436 g/mol. The number of amides is 4. The van der Waals surface area contributed by atoms with E-state index in [1.165, 1.54) is 12.1 Å². The van der Waals surface area contributed by atoms with Crippen LogP contribution in [0.3, 0.4) is 0 Å². The van der Waals surface area contributed by atoms with Crippen LogP contribution < -0.4 is 21.7 Å². The third-order valence-corrected chi connectivity index (χ3v) is 4.45. The molecule has 0 aromatic heterocycles. The Labute approximate surface area is 178 Å². The van der Waals surface area contributed by atoms with Crippen LogP contribution in [0.15, 0.2) is 42.5 Å². The summed E-state index contributed by atoms with van der Waals surface area (Å²) >= 11 is 12.0. The van der Waals surface area contributed by atoms with Crippen molar-refractivity contribution in [1.82, 2.24) is 5.32 Å². The number of rotatable bonds is 7. The number of hydrogen-bond acceptors (Lipinski definition) is 3. The summed E-state index contributed by atoms with van der Waals surface area (Å²) < 4.78 is 0. The number of hydrogen-bond donors (Lipinski definition) is 4. The predicted molar refractivity (Wildman–Crippen MR) is 115 cm³/mol. The minimum atomic E-state index is -0.790. The maximum atomic E-state index is 12.8. The fourth-order valence-electron chi connectivity index (χ4n) is 2.66. The van der Waals surface area contributed by atoms with E-state index in [4.69, 9.17) is 28.9 Å². The zero-order chi connectivity index (χ0) is 21.6. The van der Waals surface area contributed by atoms with Gasteiger partial charge in [-0.1, -0.05) is 43.1 Å². The molecule has 0 bridgehead atoms. The van der Waals surface area contributed by atoms with Crippen molar-refractivity contribution >= 4 is 52.4 Å². The molecule has 1 atom stereocenters. The van der Waals surface area contributed by atoms with Crippen LogP contribution in [0.25, 0.3) is 0 Å². The van der Waals surface area contributed by atoms with Gasteiger partial charge in [0.1, 0.15) is 6.04 Å². The fourth-order valence-corrected chi connectivity index (χ4v) is 3.15. The lowest BCUT2D eigenvalue weighted by molar-refractivity contribution is -0.118. The Balaban J connectivity index is 2.15. The highest BCUT2D eigenvalue weighted by molar-refractivity contribution is 6.36.